The minimum atomic E-state index is -0.288. The molecule has 0 saturated carbocycles. The Morgan fingerprint density at radius 2 is 1.77 bits per heavy atom. The van der Waals surface area contributed by atoms with Crippen LogP contribution in [0.5, 0.6) is 0 Å². The van der Waals surface area contributed by atoms with Gasteiger partial charge < -0.3 is 19.5 Å². The Morgan fingerprint density at radius 3 is 2.42 bits per heavy atom. The summed E-state index contributed by atoms with van der Waals surface area (Å²) in [6, 6.07) is 8.15. The van der Waals surface area contributed by atoms with Crippen LogP contribution in [0.1, 0.15) is 28.2 Å². The molecule has 0 aliphatic carbocycles. The van der Waals surface area contributed by atoms with Crippen molar-refractivity contribution >= 4 is 11.8 Å². The average molecular weight is 431 g/mol. The third-order valence-electron chi connectivity index (χ3n) is 5.62. The van der Waals surface area contributed by atoms with E-state index in [1.54, 1.807) is 19.2 Å². The van der Waals surface area contributed by atoms with E-state index in [-0.39, 0.29) is 17.6 Å². The van der Waals surface area contributed by atoms with E-state index in [0.717, 1.165) is 23.5 Å². The summed E-state index contributed by atoms with van der Waals surface area (Å²) >= 11 is 0. The highest BCUT2D eigenvalue weighted by molar-refractivity contribution is 5.96. The Morgan fingerprint density at radius 1 is 1.10 bits per heavy atom. The van der Waals surface area contributed by atoms with Crippen LogP contribution in [0, 0.1) is 19.7 Å². The Balaban J connectivity index is 1.57. The fraction of sp³-hybridized carbons (Fsp3) is 0.478. The molecule has 8 heteroatoms. The van der Waals surface area contributed by atoms with Gasteiger partial charge in [-0.2, -0.15) is 0 Å². The Hall–Kier alpha value is -2.71. The molecule has 1 saturated heterocycles. The number of carbonyl (C=O) groups is 2. The quantitative estimate of drug-likeness (QED) is 0.652. The first-order chi connectivity index (χ1) is 14.9. The lowest BCUT2D eigenvalue weighted by atomic mass is 10.2. The second-order valence-corrected chi connectivity index (χ2v) is 7.86. The van der Waals surface area contributed by atoms with E-state index >= 15 is 0 Å². The van der Waals surface area contributed by atoms with Crippen molar-refractivity contribution in [3.05, 3.63) is 53.1 Å². The maximum absolute atomic E-state index is 13.3. The summed E-state index contributed by atoms with van der Waals surface area (Å²) < 4.78 is 20.2. The second kappa shape index (κ2) is 10.5. The topological polar surface area (TPSA) is 66.8 Å². The molecule has 0 atom stereocenters. The van der Waals surface area contributed by atoms with Gasteiger partial charge in [-0.15, -0.1) is 0 Å². The lowest BCUT2D eigenvalue weighted by Gasteiger charge is -2.34. The summed E-state index contributed by atoms with van der Waals surface area (Å²) in [4.78, 5) is 29.1. The number of aromatic nitrogens is 1. The van der Waals surface area contributed by atoms with Gasteiger partial charge >= 0.3 is 0 Å². The second-order valence-electron chi connectivity index (χ2n) is 7.86. The predicted molar refractivity (Wildman–Crippen MR) is 117 cm³/mol. The zero-order valence-corrected chi connectivity index (χ0v) is 18.5. The summed E-state index contributed by atoms with van der Waals surface area (Å²) in [6.07, 6.45) is 0.793. The van der Waals surface area contributed by atoms with Gasteiger partial charge in [0.05, 0.1) is 12.1 Å². The van der Waals surface area contributed by atoms with E-state index < -0.39 is 0 Å². The van der Waals surface area contributed by atoms with Gasteiger partial charge in [0.2, 0.25) is 5.91 Å². The number of hydrogen-bond donors (Lipinski definition) is 1. The number of amides is 2. The first-order valence-electron chi connectivity index (χ1n) is 10.6. The molecule has 0 unspecified atom stereocenters. The zero-order chi connectivity index (χ0) is 22.4. The van der Waals surface area contributed by atoms with Gasteiger partial charge in [0.15, 0.2) is 0 Å². The van der Waals surface area contributed by atoms with E-state index in [1.165, 1.54) is 12.1 Å². The van der Waals surface area contributed by atoms with Gasteiger partial charge in [-0.25, -0.2) is 4.39 Å². The molecule has 7 nitrogen and oxygen atoms in total. The van der Waals surface area contributed by atoms with E-state index in [2.05, 4.69) is 10.2 Å². The molecule has 1 aromatic heterocycles. The molecule has 168 valence electrons. The minimum absolute atomic E-state index is 0.00118. The number of carbonyl (C=O) groups excluding carboxylic acids is 2. The number of benzene rings is 1. The van der Waals surface area contributed by atoms with Crippen LogP contribution in [0.15, 0.2) is 30.3 Å². The summed E-state index contributed by atoms with van der Waals surface area (Å²) in [5, 5.41) is 2.89. The summed E-state index contributed by atoms with van der Waals surface area (Å²) in [5.41, 5.74) is 3.26. The van der Waals surface area contributed by atoms with Gasteiger partial charge in [0, 0.05) is 63.5 Å². The van der Waals surface area contributed by atoms with Gasteiger partial charge in [0.1, 0.15) is 5.82 Å². The van der Waals surface area contributed by atoms with Crippen LogP contribution < -0.4 is 5.32 Å². The van der Waals surface area contributed by atoms with E-state index in [4.69, 9.17) is 4.74 Å². The Labute approximate surface area is 182 Å². The Kier molecular flexibility index (Phi) is 7.81. The van der Waals surface area contributed by atoms with Crippen molar-refractivity contribution in [3.8, 4) is 5.69 Å². The van der Waals surface area contributed by atoms with Crippen molar-refractivity contribution in [2.24, 2.45) is 0 Å². The molecule has 2 amide bonds. The largest absolute Gasteiger partial charge is 0.385 e. The highest BCUT2D eigenvalue weighted by Crippen LogP contribution is 2.23. The number of nitrogens with one attached hydrogen (secondary N) is 1. The third kappa shape index (κ3) is 5.71. The molecule has 2 aromatic rings. The lowest BCUT2D eigenvalue weighted by Crippen LogP contribution is -2.51. The summed E-state index contributed by atoms with van der Waals surface area (Å²) in [6.45, 7) is 7.91. The molecular formula is C23H31FN4O3. The van der Waals surface area contributed by atoms with Gasteiger partial charge in [-0.3, -0.25) is 14.5 Å². The molecule has 1 aliphatic heterocycles. The van der Waals surface area contributed by atoms with Crippen LogP contribution in [0.25, 0.3) is 5.69 Å². The number of halogens is 1. The first kappa shape index (κ1) is 23.0. The molecule has 2 heterocycles. The van der Waals surface area contributed by atoms with Crippen molar-refractivity contribution in [2.75, 3.05) is 53.0 Å². The number of methoxy groups -OCH3 is 1. The maximum atomic E-state index is 13.3. The van der Waals surface area contributed by atoms with Crippen LogP contribution in [0.4, 0.5) is 4.39 Å². The molecule has 0 bridgehead atoms. The molecule has 31 heavy (non-hydrogen) atoms. The van der Waals surface area contributed by atoms with Crippen molar-refractivity contribution < 1.29 is 18.7 Å². The third-order valence-corrected chi connectivity index (χ3v) is 5.62. The van der Waals surface area contributed by atoms with Crippen LogP contribution in [0.2, 0.25) is 0 Å². The van der Waals surface area contributed by atoms with E-state index in [9.17, 15) is 14.0 Å². The smallest absolute Gasteiger partial charge is 0.255 e. The lowest BCUT2D eigenvalue weighted by molar-refractivity contribution is -0.122. The summed E-state index contributed by atoms with van der Waals surface area (Å²) in [7, 11) is 1.64. The number of piperazine rings is 1. The zero-order valence-electron chi connectivity index (χ0n) is 18.5. The van der Waals surface area contributed by atoms with Crippen molar-refractivity contribution in [3.63, 3.8) is 0 Å². The molecule has 3 rings (SSSR count). The van der Waals surface area contributed by atoms with Crippen LogP contribution in [-0.4, -0.2) is 79.2 Å². The number of ether oxygens (including phenoxy) is 1. The maximum Gasteiger partial charge on any atom is 0.255 e. The number of aryl methyl sites for hydroxylation is 1. The fourth-order valence-electron chi connectivity index (χ4n) is 3.95. The van der Waals surface area contributed by atoms with Crippen molar-refractivity contribution in [2.45, 2.75) is 20.3 Å². The molecule has 1 fully saturated rings. The van der Waals surface area contributed by atoms with E-state index in [1.807, 2.05) is 29.4 Å². The molecule has 0 radical (unpaired) electrons. The standard InChI is InChI=1S/C23H31FN4O3/c1-17-15-21(18(2)28(17)20-7-5-19(24)6-8-20)23(30)27-12-10-26(11-13-27)16-22(29)25-9-4-14-31-3/h5-8,15H,4,9-14,16H2,1-3H3,(H,25,29). The molecule has 0 spiro atoms. The summed E-state index contributed by atoms with van der Waals surface area (Å²) in [5.74, 6) is -0.298. The van der Waals surface area contributed by atoms with Crippen LogP contribution >= 0.6 is 0 Å². The SMILES string of the molecule is COCCCNC(=O)CN1CCN(C(=O)c2cc(C)n(-c3ccc(F)cc3)c2C)CC1. The monoisotopic (exact) mass is 430 g/mol. The fourth-order valence-corrected chi connectivity index (χ4v) is 3.95. The average Bonchev–Trinajstić information content (AvgIpc) is 3.06. The van der Waals surface area contributed by atoms with Gasteiger partial charge in [-0.05, 0) is 50.6 Å². The van der Waals surface area contributed by atoms with Gasteiger partial charge in [-0.1, -0.05) is 0 Å². The van der Waals surface area contributed by atoms with Gasteiger partial charge in [0.25, 0.3) is 5.91 Å². The first-order valence-corrected chi connectivity index (χ1v) is 10.6. The highest BCUT2D eigenvalue weighted by atomic mass is 19.1. The predicted octanol–water partition coefficient (Wildman–Crippen LogP) is 2.14. The Bertz CT molecular complexity index is 902. The van der Waals surface area contributed by atoms with Crippen molar-refractivity contribution in [1.29, 1.82) is 0 Å². The molecule has 1 aromatic carbocycles. The van der Waals surface area contributed by atoms with Crippen molar-refractivity contribution in [1.82, 2.24) is 19.7 Å². The molecular weight excluding hydrogens is 399 g/mol. The molecule has 1 aliphatic rings. The molecule has 1 N–H and O–H groups in total. The minimum Gasteiger partial charge on any atom is -0.385 e. The normalized spacial score (nSPS) is 14.6. The van der Waals surface area contributed by atoms with E-state index in [0.29, 0.717) is 51.4 Å². The highest BCUT2D eigenvalue weighted by Gasteiger charge is 2.26. The number of rotatable bonds is 8. The number of nitrogens with zero attached hydrogens (tertiary/aromatic N) is 3. The number of hydrogen-bond acceptors (Lipinski definition) is 4. The van der Waals surface area contributed by atoms with Crippen LogP contribution in [0.3, 0.4) is 0 Å². The van der Waals surface area contributed by atoms with Crippen LogP contribution in [-0.2, 0) is 9.53 Å².